The smallest absolute Gasteiger partial charge is 0.246 e. The van der Waals surface area contributed by atoms with Crippen LogP contribution in [0, 0.1) is 11.8 Å². The van der Waals surface area contributed by atoms with Crippen molar-refractivity contribution < 1.29 is 24.2 Å². The minimum atomic E-state index is -1.07. The predicted octanol–water partition coefficient (Wildman–Crippen LogP) is 0.755. The van der Waals surface area contributed by atoms with Gasteiger partial charge in [-0.2, -0.15) is 0 Å². The molecule has 3 saturated heterocycles. The van der Waals surface area contributed by atoms with Gasteiger partial charge >= 0.3 is 0 Å². The van der Waals surface area contributed by atoms with Gasteiger partial charge in [0.2, 0.25) is 17.7 Å². The lowest BCUT2D eigenvalue weighted by Gasteiger charge is -2.38. The molecule has 1 spiro atoms. The summed E-state index contributed by atoms with van der Waals surface area (Å²) in [7, 11) is 1.54. The fourth-order valence-corrected chi connectivity index (χ4v) is 5.66. The molecule has 0 aliphatic carbocycles. The summed E-state index contributed by atoms with van der Waals surface area (Å²) in [6.07, 6.45) is 0.752. The maximum absolute atomic E-state index is 13.8. The summed E-state index contributed by atoms with van der Waals surface area (Å²) < 4.78 is 6.33. The highest BCUT2D eigenvalue weighted by Gasteiger charge is 2.75. The molecule has 0 saturated carbocycles. The maximum Gasteiger partial charge on any atom is 0.246 e. The van der Waals surface area contributed by atoms with E-state index in [9.17, 15) is 19.5 Å². The molecule has 8 nitrogen and oxygen atoms in total. The van der Waals surface area contributed by atoms with E-state index in [1.54, 1.807) is 7.05 Å². The molecule has 8 heteroatoms. The molecule has 4 rings (SSSR count). The van der Waals surface area contributed by atoms with Crippen LogP contribution >= 0.6 is 0 Å². The highest BCUT2D eigenvalue weighted by Crippen LogP contribution is 2.59. The third kappa shape index (κ3) is 3.32. The Morgan fingerprint density at radius 1 is 1.26 bits per heavy atom. The van der Waals surface area contributed by atoms with Gasteiger partial charge in [-0.1, -0.05) is 30.3 Å². The summed E-state index contributed by atoms with van der Waals surface area (Å²) >= 11 is 0. The van der Waals surface area contributed by atoms with Crippen LogP contribution in [-0.4, -0.2) is 64.7 Å². The van der Waals surface area contributed by atoms with Crippen LogP contribution in [0.2, 0.25) is 0 Å². The van der Waals surface area contributed by atoms with E-state index in [-0.39, 0.29) is 30.4 Å². The lowest BCUT2D eigenvalue weighted by molar-refractivity contribution is -0.146. The van der Waals surface area contributed by atoms with E-state index in [4.69, 9.17) is 4.74 Å². The number of carbonyl (C=O) groups excluding carboxylic acids is 3. The number of hydrogen-bond acceptors (Lipinski definition) is 5. The second kappa shape index (κ2) is 7.60. The third-order valence-electron chi connectivity index (χ3n) is 6.73. The lowest BCUT2D eigenvalue weighted by Crippen LogP contribution is -2.59. The number of amides is 3. The number of nitrogens with zero attached hydrogens (tertiary/aromatic N) is 1. The number of likely N-dealkylation sites (tertiary alicyclic amines) is 1. The second-order valence-electron chi connectivity index (χ2n) is 9.76. The number of nitrogens with one attached hydrogen (secondary N) is 2. The molecule has 3 aliphatic rings. The molecule has 6 atom stereocenters. The van der Waals surface area contributed by atoms with Crippen molar-refractivity contribution in [1.82, 2.24) is 15.5 Å². The second-order valence-corrected chi connectivity index (χ2v) is 9.76. The molecule has 1 aromatic carbocycles. The topological polar surface area (TPSA) is 108 Å². The number of benzene rings is 1. The fraction of sp³-hybridized carbons (Fsp3) is 0.609. The number of rotatable bonds is 5. The summed E-state index contributed by atoms with van der Waals surface area (Å²) in [5.74, 6) is -2.28. The predicted molar refractivity (Wildman–Crippen MR) is 113 cm³/mol. The maximum atomic E-state index is 13.8. The van der Waals surface area contributed by atoms with Crippen LogP contribution in [-0.2, 0) is 19.1 Å². The van der Waals surface area contributed by atoms with Gasteiger partial charge in [0.15, 0.2) is 0 Å². The first kappa shape index (κ1) is 21.8. The first-order valence-corrected chi connectivity index (χ1v) is 10.8. The average molecular weight is 430 g/mol. The Morgan fingerprint density at radius 3 is 2.52 bits per heavy atom. The fourth-order valence-electron chi connectivity index (χ4n) is 5.66. The van der Waals surface area contributed by atoms with Crippen molar-refractivity contribution in [2.75, 3.05) is 13.7 Å². The van der Waals surface area contributed by atoms with E-state index in [0.29, 0.717) is 12.8 Å². The molecule has 3 amide bonds. The molecule has 3 fully saturated rings. The van der Waals surface area contributed by atoms with Gasteiger partial charge in [0.25, 0.3) is 0 Å². The van der Waals surface area contributed by atoms with Gasteiger partial charge < -0.3 is 25.4 Å². The van der Waals surface area contributed by atoms with E-state index in [1.165, 1.54) is 4.90 Å². The quantitative estimate of drug-likeness (QED) is 0.640. The van der Waals surface area contributed by atoms with Crippen molar-refractivity contribution in [3.8, 4) is 0 Å². The van der Waals surface area contributed by atoms with Gasteiger partial charge in [-0.3, -0.25) is 14.4 Å². The molecule has 3 aliphatic heterocycles. The zero-order chi connectivity index (χ0) is 22.6. The number of hydrogen-bond donors (Lipinski definition) is 3. The molecule has 31 heavy (non-hydrogen) atoms. The molecule has 0 radical (unpaired) electrons. The number of aliphatic hydroxyl groups excluding tert-OH is 1. The highest BCUT2D eigenvalue weighted by atomic mass is 16.5. The van der Waals surface area contributed by atoms with Crippen LogP contribution in [0.5, 0.6) is 0 Å². The average Bonchev–Trinajstić information content (AvgIpc) is 3.35. The third-order valence-corrected chi connectivity index (χ3v) is 6.73. The monoisotopic (exact) mass is 429 g/mol. The van der Waals surface area contributed by atoms with Gasteiger partial charge in [-0.25, -0.2) is 0 Å². The van der Waals surface area contributed by atoms with Crippen molar-refractivity contribution in [2.45, 2.75) is 62.9 Å². The summed E-state index contributed by atoms with van der Waals surface area (Å²) in [6.45, 7) is 5.29. The van der Waals surface area contributed by atoms with Crippen LogP contribution < -0.4 is 10.6 Å². The van der Waals surface area contributed by atoms with Gasteiger partial charge in [0.05, 0.1) is 30.6 Å². The minimum absolute atomic E-state index is 0.248. The van der Waals surface area contributed by atoms with Gasteiger partial charge in [0.1, 0.15) is 11.6 Å². The van der Waals surface area contributed by atoms with Crippen LogP contribution in [0.1, 0.15) is 45.2 Å². The summed E-state index contributed by atoms with van der Waals surface area (Å²) in [4.78, 5) is 41.6. The highest BCUT2D eigenvalue weighted by molar-refractivity contribution is 5.99. The number of aliphatic hydroxyl groups is 1. The van der Waals surface area contributed by atoms with Crippen molar-refractivity contribution >= 4 is 17.7 Å². The van der Waals surface area contributed by atoms with Crippen molar-refractivity contribution in [3.63, 3.8) is 0 Å². The van der Waals surface area contributed by atoms with Gasteiger partial charge in [0, 0.05) is 12.6 Å². The first-order valence-electron chi connectivity index (χ1n) is 10.8. The molecule has 3 heterocycles. The zero-order valence-corrected chi connectivity index (χ0v) is 18.4. The van der Waals surface area contributed by atoms with Crippen molar-refractivity contribution in [3.05, 3.63) is 35.9 Å². The Morgan fingerprint density at radius 2 is 1.94 bits per heavy atom. The zero-order valence-electron chi connectivity index (χ0n) is 18.4. The molecule has 1 aromatic rings. The van der Waals surface area contributed by atoms with Gasteiger partial charge in [-0.05, 0) is 39.2 Å². The van der Waals surface area contributed by atoms with Crippen LogP contribution in [0.25, 0.3) is 0 Å². The van der Waals surface area contributed by atoms with Crippen LogP contribution in [0.4, 0.5) is 0 Å². The number of ether oxygens (including phenoxy) is 1. The first-order chi connectivity index (χ1) is 14.6. The Hall–Kier alpha value is -2.45. The number of fused-ring (bicyclic) bond motifs is 1. The molecule has 2 bridgehead atoms. The SMILES string of the molecule is CNC(=O)[C@@H]1[C@@H]2CCC3(O2)C(C(=O)NC(C)(C)C)N([C@H](CO)c2ccccc2)C(=O)[C@H]13. The Labute approximate surface area is 182 Å². The van der Waals surface area contributed by atoms with Crippen LogP contribution in [0.15, 0.2) is 30.3 Å². The Bertz CT molecular complexity index is 883. The van der Waals surface area contributed by atoms with Gasteiger partial charge in [-0.15, -0.1) is 0 Å². The summed E-state index contributed by atoms with van der Waals surface area (Å²) in [5, 5.41) is 15.9. The molecular weight excluding hydrogens is 398 g/mol. The normalized spacial score (nSPS) is 32.7. The molecule has 168 valence electrons. The Kier molecular flexibility index (Phi) is 5.34. The van der Waals surface area contributed by atoms with E-state index in [0.717, 1.165) is 5.56 Å². The molecular formula is C23H31N3O5. The lowest BCUT2D eigenvalue weighted by atomic mass is 9.70. The largest absolute Gasteiger partial charge is 0.394 e. The summed E-state index contributed by atoms with van der Waals surface area (Å²) in [5.41, 5.74) is -0.857. The molecule has 2 unspecified atom stereocenters. The minimum Gasteiger partial charge on any atom is -0.394 e. The van der Waals surface area contributed by atoms with E-state index in [2.05, 4.69) is 10.6 Å². The summed E-state index contributed by atoms with van der Waals surface area (Å²) in [6, 6.07) is 7.53. The van der Waals surface area contributed by atoms with E-state index in [1.807, 2.05) is 51.1 Å². The van der Waals surface area contributed by atoms with Crippen LogP contribution in [0.3, 0.4) is 0 Å². The van der Waals surface area contributed by atoms with Crippen molar-refractivity contribution in [2.24, 2.45) is 11.8 Å². The molecule has 0 aromatic heterocycles. The molecule has 3 N–H and O–H groups in total. The standard InChI is InChI=1S/C23H31N3O5/c1-22(2,3)25-20(29)18-23-11-10-15(31-23)16(19(28)24-4)17(23)21(30)26(18)14(12-27)13-8-6-5-7-9-13/h5-9,14-18,27H,10-12H2,1-4H3,(H,24,28)(H,25,29)/t14-,15+,16-,17+,18?,23?/m1/s1. The van der Waals surface area contributed by atoms with E-state index >= 15 is 0 Å². The van der Waals surface area contributed by atoms with E-state index < -0.39 is 35.1 Å². The number of carbonyl (C=O) groups is 3. The Balaban J connectivity index is 1.82. The van der Waals surface area contributed by atoms with Crippen molar-refractivity contribution in [1.29, 1.82) is 0 Å².